The molecule has 2 atom stereocenters. The Balaban J connectivity index is 2.35. The number of rotatable bonds is 2. The van der Waals surface area contributed by atoms with Crippen LogP contribution in [-0.4, -0.2) is 24.2 Å². The van der Waals surface area contributed by atoms with Crippen molar-refractivity contribution in [2.75, 3.05) is 13.1 Å². The Morgan fingerprint density at radius 3 is 2.94 bits per heavy atom. The topological polar surface area (TPSA) is 49.3 Å². The van der Waals surface area contributed by atoms with Crippen molar-refractivity contribution in [3.8, 4) is 0 Å². The van der Waals surface area contributed by atoms with Crippen LogP contribution in [0.25, 0.3) is 0 Å². The highest BCUT2D eigenvalue weighted by atomic mass is 79.9. The smallest absolute Gasteiger partial charge is 0.308 e. The first-order valence-electron chi connectivity index (χ1n) is 5.29. The maximum atomic E-state index is 11.1. The zero-order valence-corrected chi connectivity index (χ0v) is 10.6. The lowest BCUT2D eigenvalue weighted by molar-refractivity contribution is -0.141. The van der Waals surface area contributed by atoms with Crippen LogP contribution in [-0.2, 0) is 4.79 Å². The molecule has 2 unspecified atom stereocenters. The largest absolute Gasteiger partial charge is 0.481 e. The standard InChI is InChI=1S/C12H14BrNO2/c1-7-2-3-8(13)4-9(7)10-5-14-6-11(10)12(15)16/h2-4,10-11,14H,5-6H2,1H3,(H,15,16). The number of aliphatic carboxylic acids is 1. The minimum atomic E-state index is -0.714. The monoisotopic (exact) mass is 283 g/mol. The Bertz CT molecular complexity index is 419. The van der Waals surface area contributed by atoms with E-state index < -0.39 is 5.97 Å². The van der Waals surface area contributed by atoms with E-state index in [1.54, 1.807) is 0 Å². The lowest BCUT2D eigenvalue weighted by Gasteiger charge is -2.17. The van der Waals surface area contributed by atoms with Gasteiger partial charge in [0.25, 0.3) is 0 Å². The molecule has 1 aromatic carbocycles. The quantitative estimate of drug-likeness (QED) is 0.874. The highest BCUT2D eigenvalue weighted by molar-refractivity contribution is 9.10. The van der Waals surface area contributed by atoms with Crippen molar-refractivity contribution in [1.29, 1.82) is 0 Å². The molecule has 0 saturated carbocycles. The molecule has 0 aliphatic carbocycles. The van der Waals surface area contributed by atoms with Crippen LogP contribution in [0, 0.1) is 12.8 Å². The van der Waals surface area contributed by atoms with Gasteiger partial charge in [-0.25, -0.2) is 0 Å². The molecule has 1 saturated heterocycles. The second-order valence-corrected chi connectivity index (χ2v) is 5.13. The average molecular weight is 284 g/mol. The molecule has 0 bridgehead atoms. The number of carboxylic acids is 1. The summed E-state index contributed by atoms with van der Waals surface area (Å²) in [5.74, 6) is -0.947. The summed E-state index contributed by atoms with van der Waals surface area (Å²) < 4.78 is 1.00. The van der Waals surface area contributed by atoms with Crippen LogP contribution >= 0.6 is 15.9 Å². The third-order valence-corrected chi connectivity index (χ3v) is 3.67. The Morgan fingerprint density at radius 1 is 1.50 bits per heavy atom. The summed E-state index contributed by atoms with van der Waals surface area (Å²) in [7, 11) is 0. The van der Waals surface area contributed by atoms with Crippen molar-refractivity contribution in [3.63, 3.8) is 0 Å². The summed E-state index contributed by atoms with van der Waals surface area (Å²) in [6, 6.07) is 6.04. The van der Waals surface area contributed by atoms with Crippen LogP contribution in [0.5, 0.6) is 0 Å². The number of hydrogen-bond donors (Lipinski definition) is 2. The van der Waals surface area contributed by atoms with Gasteiger partial charge < -0.3 is 10.4 Å². The minimum absolute atomic E-state index is 0.0787. The van der Waals surface area contributed by atoms with Gasteiger partial charge in [0.05, 0.1) is 5.92 Å². The molecule has 4 heteroatoms. The van der Waals surface area contributed by atoms with E-state index in [-0.39, 0.29) is 11.8 Å². The molecule has 1 aromatic rings. The molecular weight excluding hydrogens is 270 g/mol. The van der Waals surface area contributed by atoms with Crippen molar-refractivity contribution in [2.45, 2.75) is 12.8 Å². The number of carbonyl (C=O) groups is 1. The van der Waals surface area contributed by atoms with E-state index in [4.69, 9.17) is 5.11 Å². The van der Waals surface area contributed by atoms with Gasteiger partial charge in [-0.3, -0.25) is 4.79 Å². The highest BCUT2D eigenvalue weighted by Crippen LogP contribution is 2.32. The summed E-state index contributed by atoms with van der Waals surface area (Å²) in [5, 5.41) is 12.3. The Hall–Kier alpha value is -0.870. The molecule has 1 aliphatic rings. The van der Waals surface area contributed by atoms with Crippen LogP contribution in [0.1, 0.15) is 17.0 Å². The summed E-state index contributed by atoms with van der Waals surface area (Å²) in [6.45, 7) is 3.33. The second kappa shape index (κ2) is 4.55. The van der Waals surface area contributed by atoms with Gasteiger partial charge in [0.2, 0.25) is 0 Å². The van der Waals surface area contributed by atoms with Crippen molar-refractivity contribution in [2.24, 2.45) is 5.92 Å². The number of benzene rings is 1. The van der Waals surface area contributed by atoms with Crippen LogP contribution in [0.4, 0.5) is 0 Å². The molecule has 3 nitrogen and oxygen atoms in total. The van der Waals surface area contributed by atoms with E-state index in [1.807, 2.05) is 25.1 Å². The summed E-state index contributed by atoms with van der Waals surface area (Å²) in [4.78, 5) is 11.1. The number of halogens is 1. The van der Waals surface area contributed by atoms with Gasteiger partial charge in [-0.15, -0.1) is 0 Å². The van der Waals surface area contributed by atoms with Crippen LogP contribution in [0.15, 0.2) is 22.7 Å². The fourth-order valence-electron chi connectivity index (χ4n) is 2.28. The molecule has 0 amide bonds. The van der Waals surface area contributed by atoms with E-state index in [0.717, 1.165) is 22.1 Å². The van der Waals surface area contributed by atoms with E-state index in [1.165, 1.54) is 0 Å². The van der Waals surface area contributed by atoms with Crippen LogP contribution < -0.4 is 5.32 Å². The maximum Gasteiger partial charge on any atom is 0.308 e. The lowest BCUT2D eigenvalue weighted by Crippen LogP contribution is -2.21. The molecule has 0 spiro atoms. The van der Waals surface area contributed by atoms with Crippen molar-refractivity contribution < 1.29 is 9.90 Å². The van der Waals surface area contributed by atoms with Gasteiger partial charge in [-0.2, -0.15) is 0 Å². The minimum Gasteiger partial charge on any atom is -0.481 e. The summed E-state index contributed by atoms with van der Waals surface area (Å²) in [5.41, 5.74) is 2.29. The zero-order valence-electron chi connectivity index (χ0n) is 9.03. The first kappa shape index (κ1) is 11.6. The predicted octanol–water partition coefficient (Wildman–Crippen LogP) is 2.15. The number of hydrogen-bond acceptors (Lipinski definition) is 2. The van der Waals surface area contributed by atoms with Gasteiger partial charge in [0, 0.05) is 23.5 Å². The number of nitrogens with one attached hydrogen (secondary N) is 1. The third kappa shape index (κ3) is 2.13. The fraction of sp³-hybridized carbons (Fsp3) is 0.417. The zero-order chi connectivity index (χ0) is 11.7. The lowest BCUT2D eigenvalue weighted by atomic mass is 9.86. The van der Waals surface area contributed by atoms with E-state index >= 15 is 0 Å². The van der Waals surface area contributed by atoms with Crippen molar-refractivity contribution in [1.82, 2.24) is 5.32 Å². The SMILES string of the molecule is Cc1ccc(Br)cc1C1CNCC1C(=O)O. The van der Waals surface area contributed by atoms with Crippen molar-refractivity contribution in [3.05, 3.63) is 33.8 Å². The van der Waals surface area contributed by atoms with Gasteiger partial charge in [-0.05, 0) is 30.2 Å². The molecule has 0 radical (unpaired) electrons. The van der Waals surface area contributed by atoms with E-state index in [2.05, 4.69) is 21.2 Å². The Labute approximate surface area is 103 Å². The molecule has 2 N–H and O–H groups in total. The van der Waals surface area contributed by atoms with Crippen LogP contribution in [0.3, 0.4) is 0 Å². The molecule has 1 aliphatic heterocycles. The van der Waals surface area contributed by atoms with E-state index in [0.29, 0.717) is 6.54 Å². The van der Waals surface area contributed by atoms with E-state index in [9.17, 15) is 4.79 Å². The molecule has 1 fully saturated rings. The average Bonchev–Trinajstić information content (AvgIpc) is 2.70. The molecule has 16 heavy (non-hydrogen) atoms. The molecule has 86 valence electrons. The Morgan fingerprint density at radius 2 is 2.25 bits per heavy atom. The summed E-state index contributed by atoms with van der Waals surface area (Å²) >= 11 is 3.43. The summed E-state index contributed by atoms with van der Waals surface area (Å²) in [6.07, 6.45) is 0. The third-order valence-electron chi connectivity index (χ3n) is 3.17. The van der Waals surface area contributed by atoms with Gasteiger partial charge in [0.15, 0.2) is 0 Å². The van der Waals surface area contributed by atoms with Gasteiger partial charge >= 0.3 is 5.97 Å². The first-order valence-corrected chi connectivity index (χ1v) is 6.08. The maximum absolute atomic E-state index is 11.1. The molecule has 0 aromatic heterocycles. The van der Waals surface area contributed by atoms with Gasteiger partial charge in [0.1, 0.15) is 0 Å². The van der Waals surface area contributed by atoms with Gasteiger partial charge in [-0.1, -0.05) is 22.0 Å². The molecular formula is C12H14BrNO2. The number of aryl methyl sites for hydroxylation is 1. The molecule has 2 rings (SSSR count). The number of carboxylic acid groups (broad SMARTS) is 1. The second-order valence-electron chi connectivity index (χ2n) is 4.21. The highest BCUT2D eigenvalue weighted by Gasteiger charge is 2.34. The fourth-order valence-corrected chi connectivity index (χ4v) is 2.65. The molecule has 1 heterocycles. The predicted molar refractivity (Wildman–Crippen MR) is 65.6 cm³/mol. The van der Waals surface area contributed by atoms with Crippen molar-refractivity contribution >= 4 is 21.9 Å². The first-order chi connectivity index (χ1) is 7.59. The van der Waals surface area contributed by atoms with Crippen LogP contribution in [0.2, 0.25) is 0 Å². The Kier molecular flexibility index (Phi) is 3.30. The normalized spacial score (nSPS) is 24.6.